The van der Waals surface area contributed by atoms with Gasteiger partial charge in [0.25, 0.3) is 8.38 Å². The van der Waals surface area contributed by atoms with Crippen LogP contribution >= 0.6 is 8.38 Å². The van der Waals surface area contributed by atoms with Gasteiger partial charge >= 0.3 is 0 Å². The summed E-state index contributed by atoms with van der Waals surface area (Å²) in [5.74, 6) is 2.06. The van der Waals surface area contributed by atoms with Gasteiger partial charge in [-0.25, -0.2) is 0 Å². The molecule has 16 heavy (non-hydrogen) atoms. The molecule has 2 rings (SSSR count). The maximum atomic E-state index is 5.47. The Labute approximate surface area is 97.5 Å². The van der Waals surface area contributed by atoms with Gasteiger partial charge in [0.15, 0.2) is 0 Å². The highest BCUT2D eigenvalue weighted by molar-refractivity contribution is 7.51. The average Bonchev–Trinajstić information content (AvgIpc) is 2.31. The Balaban J connectivity index is 2.19. The predicted molar refractivity (Wildman–Crippen MR) is 67.9 cm³/mol. The molecular weight excluding hydrogens is 219 g/mol. The fourth-order valence-electron chi connectivity index (χ4n) is 1.46. The number of rotatable bonds is 3. The SMILES string of the molecule is CCOP1C=C(c2ccc(C)cc2)C=CO1. The van der Waals surface area contributed by atoms with E-state index in [0.29, 0.717) is 6.61 Å². The van der Waals surface area contributed by atoms with Crippen LogP contribution in [0.1, 0.15) is 18.1 Å². The van der Waals surface area contributed by atoms with Crippen molar-refractivity contribution in [3.8, 4) is 0 Å². The Morgan fingerprint density at radius 1 is 1.25 bits per heavy atom. The highest BCUT2D eigenvalue weighted by Crippen LogP contribution is 2.45. The minimum absolute atomic E-state index is 0.678. The summed E-state index contributed by atoms with van der Waals surface area (Å²) in [6.07, 6.45) is 3.69. The van der Waals surface area contributed by atoms with Gasteiger partial charge in [-0.1, -0.05) is 29.8 Å². The van der Waals surface area contributed by atoms with E-state index in [0.717, 1.165) is 0 Å². The normalized spacial score (nSPS) is 19.1. The maximum absolute atomic E-state index is 5.47. The molecule has 0 amide bonds. The van der Waals surface area contributed by atoms with Crippen molar-refractivity contribution in [2.24, 2.45) is 0 Å². The lowest BCUT2D eigenvalue weighted by molar-refractivity contribution is 0.324. The van der Waals surface area contributed by atoms with E-state index in [1.807, 2.05) is 13.0 Å². The molecule has 1 unspecified atom stereocenters. The van der Waals surface area contributed by atoms with Crippen molar-refractivity contribution in [3.05, 3.63) is 53.5 Å². The van der Waals surface area contributed by atoms with Crippen LogP contribution in [0.5, 0.6) is 0 Å². The zero-order valence-corrected chi connectivity index (χ0v) is 10.4. The second-order valence-electron chi connectivity index (χ2n) is 3.56. The molecule has 1 aliphatic rings. The summed E-state index contributed by atoms with van der Waals surface area (Å²) >= 11 is 0. The van der Waals surface area contributed by atoms with Crippen LogP contribution in [0.3, 0.4) is 0 Å². The van der Waals surface area contributed by atoms with Crippen molar-refractivity contribution in [1.29, 1.82) is 0 Å². The highest BCUT2D eigenvalue weighted by atomic mass is 31.2. The minimum Gasteiger partial charge on any atom is -0.452 e. The van der Waals surface area contributed by atoms with Gasteiger partial charge in [-0.3, -0.25) is 0 Å². The molecule has 1 atom stereocenters. The summed E-state index contributed by atoms with van der Waals surface area (Å²) in [6, 6.07) is 8.47. The molecule has 1 heterocycles. The molecule has 1 aromatic carbocycles. The van der Waals surface area contributed by atoms with Crippen LogP contribution in [0.4, 0.5) is 0 Å². The molecule has 0 aromatic heterocycles. The Morgan fingerprint density at radius 2 is 2.00 bits per heavy atom. The fraction of sp³-hybridized carbons (Fsp3) is 0.231. The lowest BCUT2D eigenvalue weighted by Gasteiger charge is -2.16. The predicted octanol–water partition coefficient (Wildman–Crippen LogP) is 4.23. The minimum atomic E-state index is -0.891. The van der Waals surface area contributed by atoms with Crippen LogP contribution in [-0.4, -0.2) is 6.61 Å². The standard InChI is InChI=1S/C13H15O2P/c1-3-14-16-10-13(8-9-15-16)12-6-4-11(2)5-7-12/h4-10H,3H2,1-2H3. The van der Waals surface area contributed by atoms with Gasteiger partial charge in [0.2, 0.25) is 0 Å². The van der Waals surface area contributed by atoms with E-state index in [9.17, 15) is 0 Å². The number of hydrogen-bond donors (Lipinski definition) is 0. The highest BCUT2D eigenvalue weighted by Gasteiger charge is 2.12. The van der Waals surface area contributed by atoms with Crippen LogP contribution in [0, 0.1) is 6.92 Å². The van der Waals surface area contributed by atoms with Gasteiger partial charge in [-0.2, -0.15) is 0 Å². The largest absolute Gasteiger partial charge is 0.452 e. The smallest absolute Gasteiger partial charge is 0.257 e. The molecule has 1 aliphatic heterocycles. The number of allylic oxidation sites excluding steroid dienone is 2. The number of aryl methyl sites for hydroxylation is 1. The van der Waals surface area contributed by atoms with Gasteiger partial charge < -0.3 is 9.05 Å². The van der Waals surface area contributed by atoms with Gasteiger partial charge in [0.05, 0.1) is 12.9 Å². The molecule has 0 spiro atoms. The first kappa shape index (κ1) is 11.4. The lowest BCUT2D eigenvalue weighted by Crippen LogP contribution is -1.90. The molecule has 0 aliphatic carbocycles. The van der Waals surface area contributed by atoms with E-state index >= 15 is 0 Å². The third-order valence-corrected chi connectivity index (χ3v) is 3.63. The zero-order chi connectivity index (χ0) is 11.4. The lowest BCUT2D eigenvalue weighted by atomic mass is 10.1. The zero-order valence-electron chi connectivity index (χ0n) is 9.51. The second kappa shape index (κ2) is 5.29. The molecule has 84 valence electrons. The molecule has 0 radical (unpaired) electrons. The molecule has 0 saturated heterocycles. The molecule has 0 bridgehead atoms. The van der Waals surface area contributed by atoms with Crippen LogP contribution in [0.25, 0.3) is 5.57 Å². The van der Waals surface area contributed by atoms with Crippen LogP contribution in [0.2, 0.25) is 0 Å². The number of hydrogen-bond acceptors (Lipinski definition) is 2. The van der Waals surface area contributed by atoms with E-state index in [4.69, 9.17) is 9.05 Å². The molecule has 0 N–H and O–H groups in total. The fourth-order valence-corrected chi connectivity index (χ4v) is 2.56. The first-order valence-electron chi connectivity index (χ1n) is 5.34. The van der Waals surface area contributed by atoms with E-state index < -0.39 is 8.38 Å². The molecule has 2 nitrogen and oxygen atoms in total. The van der Waals surface area contributed by atoms with Gasteiger partial charge in [0, 0.05) is 5.82 Å². The van der Waals surface area contributed by atoms with Gasteiger partial charge in [-0.15, -0.1) is 0 Å². The van der Waals surface area contributed by atoms with E-state index in [1.54, 1.807) is 6.26 Å². The second-order valence-corrected chi connectivity index (χ2v) is 4.86. The molecule has 0 saturated carbocycles. The van der Waals surface area contributed by atoms with E-state index in [1.165, 1.54) is 16.7 Å². The van der Waals surface area contributed by atoms with Crippen molar-refractivity contribution in [2.75, 3.05) is 6.61 Å². The third kappa shape index (κ3) is 2.72. The summed E-state index contributed by atoms with van der Waals surface area (Å²) < 4.78 is 10.9. The van der Waals surface area contributed by atoms with Crippen molar-refractivity contribution in [1.82, 2.24) is 0 Å². The van der Waals surface area contributed by atoms with Crippen molar-refractivity contribution >= 4 is 13.9 Å². The first-order valence-corrected chi connectivity index (χ1v) is 6.58. The van der Waals surface area contributed by atoms with Gasteiger partial charge in [-0.05, 0) is 31.1 Å². The van der Waals surface area contributed by atoms with Crippen molar-refractivity contribution < 1.29 is 9.05 Å². The Bertz CT molecular complexity index is 406. The number of benzene rings is 1. The summed E-state index contributed by atoms with van der Waals surface area (Å²) in [5, 5.41) is 0. The molecule has 1 aromatic rings. The van der Waals surface area contributed by atoms with Crippen molar-refractivity contribution in [2.45, 2.75) is 13.8 Å². The first-order chi connectivity index (χ1) is 7.79. The average molecular weight is 234 g/mol. The van der Waals surface area contributed by atoms with Crippen LogP contribution in [-0.2, 0) is 9.05 Å². The quantitative estimate of drug-likeness (QED) is 0.728. The third-order valence-electron chi connectivity index (χ3n) is 2.30. The van der Waals surface area contributed by atoms with Crippen LogP contribution in [0.15, 0.2) is 42.4 Å². The molecule has 0 fully saturated rings. The Kier molecular flexibility index (Phi) is 3.76. The maximum Gasteiger partial charge on any atom is 0.257 e. The van der Waals surface area contributed by atoms with E-state index in [2.05, 4.69) is 37.0 Å². The molecular formula is C13H15O2P. The Hall–Kier alpha value is -1.11. The summed E-state index contributed by atoms with van der Waals surface area (Å²) in [5.41, 5.74) is 3.65. The summed E-state index contributed by atoms with van der Waals surface area (Å²) in [4.78, 5) is 0. The molecule has 3 heteroatoms. The van der Waals surface area contributed by atoms with Gasteiger partial charge in [0.1, 0.15) is 0 Å². The van der Waals surface area contributed by atoms with E-state index in [-0.39, 0.29) is 0 Å². The Morgan fingerprint density at radius 3 is 2.69 bits per heavy atom. The van der Waals surface area contributed by atoms with Crippen LogP contribution < -0.4 is 0 Å². The monoisotopic (exact) mass is 234 g/mol. The summed E-state index contributed by atoms with van der Waals surface area (Å²) in [7, 11) is -0.891. The topological polar surface area (TPSA) is 18.5 Å². The summed E-state index contributed by atoms with van der Waals surface area (Å²) in [6.45, 7) is 4.74. The van der Waals surface area contributed by atoms with Crippen molar-refractivity contribution in [3.63, 3.8) is 0 Å².